The Balaban J connectivity index is 5.26. The zero-order valence-electron chi connectivity index (χ0n) is 61.6. The maximum absolute atomic E-state index is 13.1. The molecule has 2 unspecified atom stereocenters. The molecule has 0 aliphatic carbocycles. The maximum atomic E-state index is 13.1. The molecule has 19 heteroatoms. The molecule has 3 N–H and O–H groups in total. The number of esters is 4. The van der Waals surface area contributed by atoms with Gasteiger partial charge in [-0.2, -0.15) is 0 Å². The first kappa shape index (κ1) is 93.1. The van der Waals surface area contributed by atoms with Gasteiger partial charge >= 0.3 is 39.5 Å². The fourth-order valence-corrected chi connectivity index (χ4v) is 13.3. The summed E-state index contributed by atoms with van der Waals surface area (Å²) >= 11 is 0. The number of hydrogen-bond acceptors (Lipinski definition) is 15. The SMILES string of the molecule is CCCCCCCCCCCCCCCCCCC(=O)O[C@H](COC(=O)CCCCCCCCCCCCCCC)COP(=O)(O)OC[C@@H](O)COP(=O)(O)OC[C@@H](COC(=O)CCCCCCCCCCCCCCC)OC(=O)CCCCCCCCCCCCCCC. The molecule has 17 nitrogen and oxygen atoms in total. The number of phosphoric ester groups is 2. The lowest BCUT2D eigenvalue weighted by molar-refractivity contribution is -0.161. The minimum absolute atomic E-state index is 0.109. The Morgan fingerprint density at radius 3 is 0.621 bits per heavy atom. The Morgan fingerprint density at radius 2 is 0.421 bits per heavy atom. The number of aliphatic hydroxyl groups is 1. The monoisotopic (exact) mass is 1400 g/mol. The van der Waals surface area contributed by atoms with E-state index in [1.165, 1.54) is 238 Å². The molecule has 0 spiro atoms. The lowest BCUT2D eigenvalue weighted by atomic mass is 10.0. The standard InChI is InChI=1S/C76H148O17P2/c1-5-9-13-17-21-25-29-33-34-35-39-43-47-51-55-59-63-76(81)93-72(67-87-74(79)61-57-53-49-45-41-37-31-27-23-19-15-11-7-3)69-91-95(84,85)89-65-70(77)64-88-94(82,83)90-68-71(92-75(80)62-58-54-50-46-42-38-32-28-24-20-16-12-8-4)66-86-73(78)60-56-52-48-44-40-36-30-26-22-18-14-10-6-2/h70-72,77H,5-69H2,1-4H3,(H,82,83)(H,84,85)/t70-,71+,72+/m0/s1. The van der Waals surface area contributed by atoms with Crippen LogP contribution in [0.1, 0.15) is 407 Å². The van der Waals surface area contributed by atoms with Crippen LogP contribution in [-0.4, -0.2) is 96.7 Å². The topological polar surface area (TPSA) is 237 Å². The summed E-state index contributed by atoms with van der Waals surface area (Å²) in [4.78, 5) is 72.9. The Labute approximate surface area is 581 Å². The molecular formula is C76H148O17P2. The summed E-state index contributed by atoms with van der Waals surface area (Å²) in [7, 11) is -9.91. The molecule has 0 aromatic heterocycles. The van der Waals surface area contributed by atoms with E-state index in [2.05, 4.69) is 27.7 Å². The summed E-state index contributed by atoms with van der Waals surface area (Å²) in [5.41, 5.74) is 0. The van der Waals surface area contributed by atoms with E-state index in [1.54, 1.807) is 0 Å². The van der Waals surface area contributed by atoms with Crippen LogP contribution >= 0.6 is 15.6 Å². The summed E-state index contributed by atoms with van der Waals surface area (Å²) in [6.45, 7) is 5.00. The van der Waals surface area contributed by atoms with Crippen molar-refractivity contribution in [3.8, 4) is 0 Å². The summed E-state index contributed by atoms with van der Waals surface area (Å²) in [6, 6.07) is 0. The first-order valence-corrected chi connectivity index (χ1v) is 42.8. The Hall–Kier alpha value is -1.94. The summed E-state index contributed by atoms with van der Waals surface area (Å²) < 4.78 is 68.6. The predicted molar refractivity (Wildman–Crippen MR) is 386 cm³/mol. The third-order valence-electron chi connectivity index (χ3n) is 17.9. The first-order chi connectivity index (χ1) is 46.2. The molecule has 0 rings (SSSR count). The summed E-state index contributed by atoms with van der Waals surface area (Å²) in [6.07, 6.45) is 60.7. The van der Waals surface area contributed by atoms with Gasteiger partial charge in [0.05, 0.1) is 26.4 Å². The number of carbonyl (C=O) groups excluding carboxylic acids is 4. The molecule has 0 aliphatic heterocycles. The maximum Gasteiger partial charge on any atom is 0.472 e. The van der Waals surface area contributed by atoms with Gasteiger partial charge in [-0.15, -0.1) is 0 Å². The van der Waals surface area contributed by atoms with Gasteiger partial charge in [0.2, 0.25) is 0 Å². The van der Waals surface area contributed by atoms with Crippen molar-refractivity contribution in [2.45, 2.75) is 425 Å². The smallest absolute Gasteiger partial charge is 0.462 e. The lowest BCUT2D eigenvalue weighted by Gasteiger charge is -2.21. The molecule has 0 aromatic rings. The van der Waals surface area contributed by atoms with Crippen LogP contribution in [0.5, 0.6) is 0 Å². The molecule has 5 atom stereocenters. The number of carbonyl (C=O) groups is 4. The normalized spacial score (nSPS) is 13.9. The molecule has 0 amide bonds. The van der Waals surface area contributed by atoms with Gasteiger partial charge in [0.1, 0.15) is 19.3 Å². The van der Waals surface area contributed by atoms with Crippen LogP contribution in [0.25, 0.3) is 0 Å². The van der Waals surface area contributed by atoms with Crippen molar-refractivity contribution in [2.24, 2.45) is 0 Å². The van der Waals surface area contributed by atoms with Crippen molar-refractivity contribution in [2.75, 3.05) is 39.6 Å². The Kier molecular flexibility index (Phi) is 69.1. The molecule has 0 saturated heterocycles. The fraction of sp³-hybridized carbons (Fsp3) is 0.947. The quantitative estimate of drug-likeness (QED) is 0.0222. The highest BCUT2D eigenvalue weighted by Crippen LogP contribution is 2.45. The second-order valence-corrected chi connectivity index (χ2v) is 30.3. The van der Waals surface area contributed by atoms with Crippen molar-refractivity contribution in [3.63, 3.8) is 0 Å². The van der Waals surface area contributed by atoms with Crippen LogP contribution in [-0.2, 0) is 65.4 Å². The first-order valence-electron chi connectivity index (χ1n) is 39.8. The van der Waals surface area contributed by atoms with E-state index in [0.29, 0.717) is 25.7 Å². The van der Waals surface area contributed by atoms with Crippen molar-refractivity contribution < 1.29 is 80.2 Å². The average Bonchev–Trinajstić information content (AvgIpc) is 2.18. The average molecular weight is 1400 g/mol. The van der Waals surface area contributed by atoms with E-state index in [1.807, 2.05) is 0 Å². The molecule has 0 radical (unpaired) electrons. The van der Waals surface area contributed by atoms with Crippen molar-refractivity contribution in [1.29, 1.82) is 0 Å². The zero-order chi connectivity index (χ0) is 69.7. The van der Waals surface area contributed by atoms with Crippen LogP contribution < -0.4 is 0 Å². The number of aliphatic hydroxyl groups excluding tert-OH is 1. The van der Waals surface area contributed by atoms with Gasteiger partial charge in [0.15, 0.2) is 12.2 Å². The van der Waals surface area contributed by atoms with E-state index in [9.17, 15) is 43.2 Å². The van der Waals surface area contributed by atoms with Crippen LogP contribution in [0.15, 0.2) is 0 Å². The molecule has 95 heavy (non-hydrogen) atoms. The van der Waals surface area contributed by atoms with E-state index in [4.69, 9.17) is 37.0 Å². The number of phosphoric acid groups is 2. The third-order valence-corrected chi connectivity index (χ3v) is 19.8. The van der Waals surface area contributed by atoms with E-state index < -0.39 is 97.5 Å². The summed E-state index contributed by atoms with van der Waals surface area (Å²) in [5, 5.41) is 10.6. The molecule has 0 aromatic carbocycles. The van der Waals surface area contributed by atoms with Gasteiger partial charge in [-0.05, 0) is 25.7 Å². The highest BCUT2D eigenvalue weighted by Gasteiger charge is 2.30. The molecular weight excluding hydrogens is 1250 g/mol. The van der Waals surface area contributed by atoms with Crippen molar-refractivity contribution >= 4 is 39.5 Å². The number of rotatable bonds is 77. The lowest BCUT2D eigenvalue weighted by Crippen LogP contribution is -2.30. The van der Waals surface area contributed by atoms with E-state index >= 15 is 0 Å². The van der Waals surface area contributed by atoms with Crippen LogP contribution in [0.2, 0.25) is 0 Å². The second-order valence-electron chi connectivity index (χ2n) is 27.4. The van der Waals surface area contributed by atoms with E-state index in [0.717, 1.165) is 89.9 Å². The van der Waals surface area contributed by atoms with Gasteiger partial charge in [-0.1, -0.05) is 355 Å². The van der Waals surface area contributed by atoms with Crippen molar-refractivity contribution in [1.82, 2.24) is 0 Å². The molecule has 0 aliphatic rings. The van der Waals surface area contributed by atoms with Gasteiger partial charge in [-0.3, -0.25) is 37.3 Å². The molecule has 564 valence electrons. The third kappa shape index (κ3) is 70.3. The molecule has 0 fully saturated rings. The minimum atomic E-state index is -4.96. The van der Waals surface area contributed by atoms with Crippen LogP contribution in [0.3, 0.4) is 0 Å². The molecule has 0 heterocycles. The number of hydrogen-bond donors (Lipinski definition) is 3. The molecule has 0 bridgehead atoms. The fourth-order valence-electron chi connectivity index (χ4n) is 11.8. The Morgan fingerprint density at radius 1 is 0.253 bits per heavy atom. The van der Waals surface area contributed by atoms with Crippen molar-refractivity contribution in [3.05, 3.63) is 0 Å². The highest BCUT2D eigenvalue weighted by molar-refractivity contribution is 7.47. The van der Waals surface area contributed by atoms with Crippen LogP contribution in [0.4, 0.5) is 0 Å². The predicted octanol–water partition coefficient (Wildman–Crippen LogP) is 22.6. The minimum Gasteiger partial charge on any atom is -0.462 e. The van der Waals surface area contributed by atoms with Gasteiger partial charge in [0, 0.05) is 25.7 Å². The van der Waals surface area contributed by atoms with Gasteiger partial charge in [0.25, 0.3) is 0 Å². The number of ether oxygens (including phenoxy) is 4. The van der Waals surface area contributed by atoms with Crippen LogP contribution in [0, 0.1) is 0 Å². The highest BCUT2D eigenvalue weighted by atomic mass is 31.2. The molecule has 0 saturated carbocycles. The second kappa shape index (κ2) is 70.5. The van der Waals surface area contributed by atoms with Gasteiger partial charge < -0.3 is 33.8 Å². The number of unbranched alkanes of at least 4 members (excludes halogenated alkanes) is 51. The summed E-state index contributed by atoms with van der Waals surface area (Å²) in [5.74, 6) is -2.11. The Bertz CT molecular complexity index is 1810. The zero-order valence-corrected chi connectivity index (χ0v) is 63.4. The largest absolute Gasteiger partial charge is 0.472 e. The van der Waals surface area contributed by atoms with E-state index in [-0.39, 0.29) is 25.7 Å². The van der Waals surface area contributed by atoms with Gasteiger partial charge in [-0.25, -0.2) is 9.13 Å².